The number of carbonyl (C=O) groups excluding carboxylic acids is 2. The summed E-state index contributed by atoms with van der Waals surface area (Å²) in [7, 11) is 0. The average molecular weight is 120 g/mol. The third-order valence-electron chi connectivity index (χ3n) is 0.275. The van der Waals surface area contributed by atoms with Gasteiger partial charge in [0.15, 0.2) is 6.29 Å². The van der Waals surface area contributed by atoms with Crippen molar-refractivity contribution in [3.05, 3.63) is 0 Å². The molecule has 0 aliphatic heterocycles. The second kappa shape index (κ2) is 3.67. The molecule has 0 amide bonds. The summed E-state index contributed by atoms with van der Waals surface area (Å²) in [6.45, 7) is -0.206. The molecule has 0 heterocycles. The molecule has 0 saturated heterocycles. The predicted octanol–water partition coefficient (Wildman–Crippen LogP) is 0.252. The zero-order valence-electron chi connectivity index (χ0n) is 3.46. The van der Waals surface area contributed by atoms with Gasteiger partial charge >= 0.3 is 5.30 Å². The first kappa shape index (κ1) is 6.49. The van der Waals surface area contributed by atoms with E-state index in [2.05, 4.69) is 17.4 Å². The van der Waals surface area contributed by atoms with Crippen LogP contribution in [0.4, 0.5) is 4.79 Å². The molecule has 3 nitrogen and oxygen atoms in total. The molecule has 0 atom stereocenters. The summed E-state index contributed by atoms with van der Waals surface area (Å²) in [5, 5.41) is -0.730. The van der Waals surface area contributed by atoms with Gasteiger partial charge in [-0.2, -0.15) is 0 Å². The summed E-state index contributed by atoms with van der Waals surface area (Å²) >= 11 is 3.21. The van der Waals surface area contributed by atoms with Crippen LogP contribution in [0.1, 0.15) is 0 Å². The number of carbonyl (C=O) groups is 2. The number of thiol groups is 1. The monoisotopic (exact) mass is 120 g/mol. The Morgan fingerprint density at radius 2 is 2.43 bits per heavy atom. The lowest BCUT2D eigenvalue weighted by atomic mass is 10.8. The summed E-state index contributed by atoms with van der Waals surface area (Å²) in [6.07, 6.45) is 0.480. The topological polar surface area (TPSA) is 43.4 Å². The van der Waals surface area contributed by atoms with Gasteiger partial charge in [-0.25, -0.2) is 4.79 Å². The SMILES string of the molecule is O=CCOC(=O)S. The van der Waals surface area contributed by atoms with Crippen molar-refractivity contribution in [2.75, 3.05) is 6.61 Å². The van der Waals surface area contributed by atoms with Gasteiger partial charge in [-0.3, -0.25) is 4.79 Å². The fourth-order valence-electron chi connectivity index (χ4n) is 0.105. The van der Waals surface area contributed by atoms with Crippen LogP contribution in [0.15, 0.2) is 0 Å². The smallest absolute Gasteiger partial charge is 0.364 e. The number of hydrogen-bond acceptors (Lipinski definition) is 3. The van der Waals surface area contributed by atoms with E-state index in [-0.39, 0.29) is 6.61 Å². The maximum Gasteiger partial charge on any atom is 0.364 e. The van der Waals surface area contributed by atoms with E-state index >= 15 is 0 Å². The lowest BCUT2D eigenvalue weighted by molar-refractivity contribution is -0.110. The number of ether oxygens (including phenoxy) is 1. The second-order valence-electron chi connectivity index (χ2n) is 0.744. The van der Waals surface area contributed by atoms with E-state index in [0.29, 0.717) is 6.29 Å². The van der Waals surface area contributed by atoms with Crippen LogP contribution in [0.2, 0.25) is 0 Å². The van der Waals surface area contributed by atoms with Crippen LogP contribution in [-0.2, 0) is 9.53 Å². The van der Waals surface area contributed by atoms with Gasteiger partial charge in [-0.05, 0) is 0 Å². The Hall–Kier alpha value is -0.510. The molecule has 4 heteroatoms. The van der Waals surface area contributed by atoms with E-state index < -0.39 is 5.30 Å². The van der Waals surface area contributed by atoms with Crippen molar-refractivity contribution in [2.24, 2.45) is 0 Å². The highest BCUT2D eigenvalue weighted by molar-refractivity contribution is 7.96. The summed E-state index contributed by atoms with van der Waals surface area (Å²) in [5.74, 6) is 0. The third kappa shape index (κ3) is 5.49. The lowest BCUT2D eigenvalue weighted by Crippen LogP contribution is -1.95. The molecule has 0 aromatic rings. The second-order valence-corrected chi connectivity index (χ2v) is 1.11. The zero-order valence-corrected chi connectivity index (χ0v) is 4.35. The molecular weight excluding hydrogens is 116 g/mol. The molecule has 0 aliphatic carbocycles. The van der Waals surface area contributed by atoms with Gasteiger partial charge in [0.25, 0.3) is 0 Å². The molecular formula is C3H4O3S. The van der Waals surface area contributed by atoms with Gasteiger partial charge in [0, 0.05) is 0 Å². The highest BCUT2D eigenvalue weighted by Crippen LogP contribution is 1.81. The van der Waals surface area contributed by atoms with Crippen molar-refractivity contribution in [3.63, 3.8) is 0 Å². The van der Waals surface area contributed by atoms with Gasteiger partial charge in [0.05, 0.1) is 0 Å². The van der Waals surface area contributed by atoms with Crippen molar-refractivity contribution in [3.8, 4) is 0 Å². The highest BCUT2D eigenvalue weighted by Gasteiger charge is 1.87. The maximum atomic E-state index is 9.69. The van der Waals surface area contributed by atoms with Crippen LogP contribution in [-0.4, -0.2) is 18.2 Å². The van der Waals surface area contributed by atoms with Gasteiger partial charge in [0.2, 0.25) is 0 Å². The first-order chi connectivity index (χ1) is 3.27. The Bertz CT molecular complexity index is 80.2. The molecule has 0 aliphatic rings. The van der Waals surface area contributed by atoms with Gasteiger partial charge < -0.3 is 4.74 Å². The molecule has 0 bridgehead atoms. The summed E-state index contributed by atoms with van der Waals surface area (Å²) in [6, 6.07) is 0. The average Bonchev–Trinajstić information content (AvgIpc) is 1.61. The molecule has 0 N–H and O–H groups in total. The summed E-state index contributed by atoms with van der Waals surface area (Å²) in [4.78, 5) is 19.1. The number of hydrogen-bond donors (Lipinski definition) is 1. The molecule has 0 aromatic carbocycles. The first-order valence-electron chi connectivity index (χ1n) is 1.56. The fourth-order valence-corrected chi connectivity index (χ4v) is 0.180. The van der Waals surface area contributed by atoms with Crippen LogP contribution in [0.3, 0.4) is 0 Å². The molecule has 40 valence electrons. The van der Waals surface area contributed by atoms with Crippen molar-refractivity contribution in [1.82, 2.24) is 0 Å². The van der Waals surface area contributed by atoms with Crippen LogP contribution in [0, 0.1) is 0 Å². The number of rotatable bonds is 2. The first-order valence-corrected chi connectivity index (χ1v) is 2.01. The van der Waals surface area contributed by atoms with E-state index in [1.54, 1.807) is 0 Å². The van der Waals surface area contributed by atoms with Crippen LogP contribution < -0.4 is 0 Å². The standard InChI is InChI=1S/C3H4O3S/c4-1-2-6-3(5)7/h1H,2H2,(H,5,7). The van der Waals surface area contributed by atoms with Crippen molar-refractivity contribution < 1.29 is 14.3 Å². The Labute approximate surface area is 46.1 Å². The van der Waals surface area contributed by atoms with E-state index in [1.165, 1.54) is 0 Å². The largest absolute Gasteiger partial charge is 0.450 e. The van der Waals surface area contributed by atoms with Crippen molar-refractivity contribution >= 4 is 24.2 Å². The molecule has 0 spiro atoms. The van der Waals surface area contributed by atoms with Crippen molar-refractivity contribution in [2.45, 2.75) is 0 Å². The van der Waals surface area contributed by atoms with E-state index in [9.17, 15) is 9.59 Å². The maximum absolute atomic E-state index is 9.69. The minimum Gasteiger partial charge on any atom is -0.450 e. The molecule has 0 aromatic heterocycles. The zero-order chi connectivity index (χ0) is 5.70. The van der Waals surface area contributed by atoms with Crippen LogP contribution >= 0.6 is 12.6 Å². The predicted molar refractivity (Wildman–Crippen MR) is 26.4 cm³/mol. The minimum atomic E-state index is -0.730. The van der Waals surface area contributed by atoms with Gasteiger partial charge in [-0.15, -0.1) is 0 Å². The van der Waals surface area contributed by atoms with Crippen LogP contribution in [0.25, 0.3) is 0 Å². The van der Waals surface area contributed by atoms with Crippen LogP contribution in [0.5, 0.6) is 0 Å². The third-order valence-corrected chi connectivity index (χ3v) is 0.404. The Morgan fingerprint density at radius 1 is 1.86 bits per heavy atom. The summed E-state index contributed by atoms with van der Waals surface area (Å²) < 4.78 is 4.05. The molecule has 0 rings (SSSR count). The van der Waals surface area contributed by atoms with Gasteiger partial charge in [0.1, 0.15) is 6.61 Å². The van der Waals surface area contributed by atoms with Crippen molar-refractivity contribution in [1.29, 1.82) is 0 Å². The summed E-state index contributed by atoms with van der Waals surface area (Å²) in [5.41, 5.74) is 0. The number of aldehydes is 1. The molecule has 7 heavy (non-hydrogen) atoms. The van der Waals surface area contributed by atoms with E-state index in [4.69, 9.17) is 0 Å². The fraction of sp³-hybridized carbons (Fsp3) is 0.333. The van der Waals surface area contributed by atoms with E-state index in [1.807, 2.05) is 0 Å². The normalized spacial score (nSPS) is 7.57. The Morgan fingerprint density at radius 3 is 2.57 bits per heavy atom. The minimum absolute atomic E-state index is 0.206. The molecule has 0 unspecified atom stereocenters. The quantitative estimate of drug-likeness (QED) is 0.323. The Balaban J connectivity index is 2.97. The highest BCUT2D eigenvalue weighted by atomic mass is 32.1. The van der Waals surface area contributed by atoms with E-state index in [0.717, 1.165) is 0 Å². The molecule has 0 radical (unpaired) electrons. The lowest BCUT2D eigenvalue weighted by Gasteiger charge is -1.87. The molecule has 0 saturated carbocycles. The Kier molecular flexibility index (Phi) is 3.40. The van der Waals surface area contributed by atoms with Gasteiger partial charge in [-0.1, -0.05) is 12.6 Å². The molecule has 0 fully saturated rings.